The lowest BCUT2D eigenvalue weighted by atomic mass is 10.2. The molecule has 1 aromatic heterocycles. The summed E-state index contributed by atoms with van der Waals surface area (Å²) in [5.74, 6) is 1.49. The molecule has 132 valence electrons. The number of cyclic esters (lactones) is 1. The zero-order valence-electron chi connectivity index (χ0n) is 13.3. The fourth-order valence-electron chi connectivity index (χ4n) is 2.00. The van der Waals surface area contributed by atoms with Crippen LogP contribution in [-0.2, 0) is 15.3 Å². The smallest absolute Gasteiger partial charge is 0.416 e. The van der Waals surface area contributed by atoms with Crippen molar-refractivity contribution in [2.24, 2.45) is 0 Å². The van der Waals surface area contributed by atoms with E-state index in [1.54, 1.807) is 18.9 Å². The Morgan fingerprint density at radius 3 is 2.64 bits per heavy atom. The van der Waals surface area contributed by atoms with E-state index in [1.807, 2.05) is 24.3 Å². The van der Waals surface area contributed by atoms with Crippen LogP contribution in [0.1, 0.15) is 5.56 Å². The molecule has 0 unspecified atom stereocenters. The van der Waals surface area contributed by atoms with E-state index in [0.717, 1.165) is 26.3 Å². The molecule has 1 saturated heterocycles. The quantitative estimate of drug-likeness (QED) is 0.660. The molecule has 1 aromatic carbocycles. The molecule has 0 aliphatic carbocycles. The SMILES string of the molecule is COc1ccc(CSc2nnc(SCC(=O)N3CCOC3=O)s2)cc1. The summed E-state index contributed by atoms with van der Waals surface area (Å²) in [5.41, 5.74) is 1.16. The van der Waals surface area contributed by atoms with E-state index < -0.39 is 6.09 Å². The first kappa shape index (κ1) is 18.0. The van der Waals surface area contributed by atoms with Crippen LogP contribution in [0.2, 0.25) is 0 Å². The van der Waals surface area contributed by atoms with Crippen LogP contribution in [0.25, 0.3) is 0 Å². The van der Waals surface area contributed by atoms with Gasteiger partial charge in [-0.25, -0.2) is 9.69 Å². The van der Waals surface area contributed by atoms with Gasteiger partial charge in [0, 0.05) is 5.75 Å². The average Bonchev–Trinajstić information content (AvgIpc) is 3.27. The molecule has 2 aromatic rings. The topological polar surface area (TPSA) is 81.6 Å². The summed E-state index contributed by atoms with van der Waals surface area (Å²) >= 11 is 4.31. The van der Waals surface area contributed by atoms with E-state index >= 15 is 0 Å². The predicted octanol–water partition coefficient (Wildman–Crippen LogP) is 2.91. The van der Waals surface area contributed by atoms with E-state index in [9.17, 15) is 9.59 Å². The van der Waals surface area contributed by atoms with Crippen molar-refractivity contribution < 1.29 is 19.1 Å². The third-order valence-electron chi connectivity index (χ3n) is 3.29. The average molecular weight is 398 g/mol. The molecule has 0 spiro atoms. The lowest BCUT2D eigenvalue weighted by Crippen LogP contribution is -2.32. The number of rotatable bonds is 7. The van der Waals surface area contributed by atoms with E-state index in [2.05, 4.69) is 10.2 Å². The van der Waals surface area contributed by atoms with Crippen LogP contribution in [0.3, 0.4) is 0 Å². The highest BCUT2D eigenvalue weighted by molar-refractivity contribution is 8.03. The zero-order chi connectivity index (χ0) is 17.6. The van der Waals surface area contributed by atoms with E-state index in [0.29, 0.717) is 10.9 Å². The second-order valence-electron chi connectivity index (χ2n) is 4.92. The molecule has 1 fully saturated rings. The Balaban J connectivity index is 1.46. The van der Waals surface area contributed by atoms with Gasteiger partial charge in [-0.3, -0.25) is 4.79 Å². The normalized spacial score (nSPS) is 13.8. The highest BCUT2D eigenvalue weighted by Crippen LogP contribution is 2.31. The van der Waals surface area contributed by atoms with Crippen LogP contribution in [0, 0.1) is 0 Å². The molecule has 0 saturated carbocycles. The number of methoxy groups -OCH3 is 1. The van der Waals surface area contributed by atoms with Gasteiger partial charge in [0.05, 0.1) is 19.4 Å². The number of carbonyl (C=O) groups excluding carboxylic acids is 2. The molecule has 0 bridgehead atoms. The lowest BCUT2D eigenvalue weighted by Gasteiger charge is -2.08. The number of nitrogens with zero attached hydrogens (tertiary/aromatic N) is 3. The van der Waals surface area contributed by atoms with E-state index in [-0.39, 0.29) is 18.3 Å². The van der Waals surface area contributed by atoms with Gasteiger partial charge in [-0.1, -0.05) is 47.0 Å². The third-order valence-corrected chi connectivity index (χ3v) is 6.54. The Kier molecular flexibility index (Phi) is 6.16. The molecule has 7 nitrogen and oxygen atoms in total. The van der Waals surface area contributed by atoms with Gasteiger partial charge in [0.1, 0.15) is 12.4 Å². The zero-order valence-corrected chi connectivity index (χ0v) is 15.8. The molecule has 3 rings (SSSR count). The van der Waals surface area contributed by atoms with Crippen LogP contribution >= 0.6 is 34.9 Å². The highest BCUT2D eigenvalue weighted by atomic mass is 32.2. The molecular weight excluding hydrogens is 382 g/mol. The minimum absolute atomic E-state index is 0.146. The van der Waals surface area contributed by atoms with Gasteiger partial charge in [-0.05, 0) is 17.7 Å². The summed E-state index contributed by atoms with van der Waals surface area (Å²) in [6.45, 7) is 0.581. The van der Waals surface area contributed by atoms with Crippen LogP contribution in [-0.4, -0.2) is 53.1 Å². The molecule has 10 heteroatoms. The molecule has 1 aliphatic heterocycles. The maximum Gasteiger partial charge on any atom is 0.416 e. The Morgan fingerprint density at radius 1 is 1.28 bits per heavy atom. The van der Waals surface area contributed by atoms with E-state index in [1.165, 1.54) is 23.1 Å². The summed E-state index contributed by atoms with van der Waals surface area (Å²) in [6.07, 6.45) is -0.571. The fourth-order valence-corrected chi connectivity index (χ4v) is 4.85. The first-order valence-corrected chi connectivity index (χ1v) is 10.1. The van der Waals surface area contributed by atoms with Gasteiger partial charge in [-0.15, -0.1) is 10.2 Å². The van der Waals surface area contributed by atoms with Crippen LogP contribution in [0.4, 0.5) is 4.79 Å². The monoisotopic (exact) mass is 397 g/mol. The standard InChI is InChI=1S/C15H15N3O4S3/c1-21-11-4-2-10(3-5-11)8-23-13-16-17-14(25-13)24-9-12(19)18-6-7-22-15(18)20/h2-5H,6-9H2,1H3. The number of ether oxygens (including phenoxy) is 2. The minimum Gasteiger partial charge on any atom is -0.497 e. The second-order valence-corrected chi connectivity index (χ2v) is 8.34. The van der Waals surface area contributed by atoms with Gasteiger partial charge in [-0.2, -0.15) is 0 Å². The van der Waals surface area contributed by atoms with Gasteiger partial charge in [0.2, 0.25) is 5.91 Å². The van der Waals surface area contributed by atoms with Crippen molar-refractivity contribution in [3.8, 4) is 5.75 Å². The van der Waals surface area contributed by atoms with Crippen LogP contribution in [0.15, 0.2) is 32.9 Å². The molecule has 0 atom stereocenters. The number of thioether (sulfide) groups is 2. The summed E-state index contributed by atoms with van der Waals surface area (Å²) < 4.78 is 11.4. The Labute approximate surface area is 157 Å². The number of hydrogen-bond donors (Lipinski definition) is 0. The van der Waals surface area contributed by atoms with Gasteiger partial charge < -0.3 is 9.47 Å². The molecule has 0 radical (unpaired) electrons. The number of imide groups is 1. The fraction of sp³-hybridized carbons (Fsp3) is 0.333. The highest BCUT2D eigenvalue weighted by Gasteiger charge is 2.28. The van der Waals surface area contributed by atoms with Gasteiger partial charge in [0.15, 0.2) is 8.68 Å². The molecular formula is C15H15N3O4S3. The summed E-state index contributed by atoms with van der Waals surface area (Å²) in [6, 6.07) is 7.87. The number of amides is 2. The first-order valence-electron chi connectivity index (χ1n) is 7.35. The molecule has 2 heterocycles. The van der Waals surface area contributed by atoms with Crippen molar-refractivity contribution in [1.29, 1.82) is 0 Å². The Bertz CT molecular complexity index is 751. The summed E-state index contributed by atoms with van der Waals surface area (Å²) in [4.78, 5) is 24.4. The number of benzene rings is 1. The second kappa shape index (κ2) is 8.54. The molecule has 0 N–H and O–H groups in total. The van der Waals surface area contributed by atoms with E-state index in [4.69, 9.17) is 9.47 Å². The summed E-state index contributed by atoms with van der Waals surface area (Å²) in [5, 5.41) is 8.20. The maximum atomic E-state index is 11.9. The van der Waals surface area contributed by atoms with Crippen molar-refractivity contribution in [1.82, 2.24) is 15.1 Å². The predicted molar refractivity (Wildman–Crippen MR) is 96.2 cm³/mol. The molecule has 1 aliphatic rings. The number of aromatic nitrogens is 2. The van der Waals surface area contributed by atoms with Crippen LogP contribution < -0.4 is 4.74 Å². The first-order chi connectivity index (χ1) is 12.2. The minimum atomic E-state index is -0.571. The van der Waals surface area contributed by atoms with Crippen molar-refractivity contribution in [2.75, 3.05) is 26.0 Å². The van der Waals surface area contributed by atoms with Gasteiger partial charge >= 0.3 is 6.09 Å². The third kappa shape index (κ3) is 4.86. The Morgan fingerprint density at radius 2 is 2.00 bits per heavy atom. The van der Waals surface area contributed by atoms with Crippen molar-refractivity contribution in [3.05, 3.63) is 29.8 Å². The maximum absolute atomic E-state index is 11.9. The summed E-state index contributed by atoms with van der Waals surface area (Å²) in [7, 11) is 1.64. The lowest BCUT2D eigenvalue weighted by molar-refractivity contribution is -0.125. The molecule has 25 heavy (non-hydrogen) atoms. The Hall–Kier alpha value is -1.78. The van der Waals surface area contributed by atoms with Crippen LogP contribution in [0.5, 0.6) is 5.75 Å². The van der Waals surface area contributed by atoms with Gasteiger partial charge in [0.25, 0.3) is 0 Å². The molecule has 2 amide bonds. The largest absolute Gasteiger partial charge is 0.497 e. The van der Waals surface area contributed by atoms with Crippen molar-refractivity contribution in [3.63, 3.8) is 0 Å². The number of carbonyl (C=O) groups is 2. The van der Waals surface area contributed by atoms with Crippen molar-refractivity contribution in [2.45, 2.75) is 14.4 Å². The number of hydrogen-bond acceptors (Lipinski definition) is 9. The van der Waals surface area contributed by atoms with Crippen molar-refractivity contribution >= 4 is 46.9 Å².